The largest absolute Gasteiger partial charge is 0.377 e. The molecule has 2 aliphatic heterocycles. The Morgan fingerprint density at radius 2 is 2.09 bits per heavy atom. The molecule has 6 heteroatoms. The molecule has 1 N–H and O–H groups in total. The first-order chi connectivity index (χ1) is 11.4. The van der Waals surface area contributed by atoms with Crippen LogP contribution >= 0.6 is 0 Å². The van der Waals surface area contributed by atoms with Crippen molar-refractivity contribution >= 4 is 0 Å². The van der Waals surface area contributed by atoms with E-state index in [1.54, 1.807) is 0 Å². The van der Waals surface area contributed by atoms with Crippen LogP contribution in [0.3, 0.4) is 0 Å². The first-order valence-corrected chi connectivity index (χ1v) is 9.26. The lowest BCUT2D eigenvalue weighted by molar-refractivity contribution is 0.0134. The van der Waals surface area contributed by atoms with Crippen LogP contribution in [0.5, 0.6) is 0 Å². The summed E-state index contributed by atoms with van der Waals surface area (Å²) in [6, 6.07) is 0.559. The van der Waals surface area contributed by atoms with Gasteiger partial charge in [-0.2, -0.15) is 4.98 Å². The standard InChI is InChI=1S/C17H28N4O2/c1-2-9-22-15(5-1)10-18-14-4-3-8-21(11-14)12-16-19-17(23-20-16)13-6-7-13/h13-15,18H,1-12H2/t14-,15-/m1/s1. The smallest absolute Gasteiger partial charge is 0.229 e. The average molecular weight is 320 g/mol. The summed E-state index contributed by atoms with van der Waals surface area (Å²) in [6.07, 6.45) is 9.06. The number of piperidine rings is 1. The highest BCUT2D eigenvalue weighted by Gasteiger charge is 2.30. The second-order valence-corrected chi connectivity index (χ2v) is 7.29. The van der Waals surface area contributed by atoms with E-state index in [9.17, 15) is 0 Å². The molecule has 0 amide bonds. The highest BCUT2D eigenvalue weighted by atomic mass is 16.5. The minimum absolute atomic E-state index is 0.414. The van der Waals surface area contributed by atoms with Gasteiger partial charge in [0.05, 0.1) is 12.6 Å². The lowest BCUT2D eigenvalue weighted by Crippen LogP contribution is -2.47. The molecule has 23 heavy (non-hydrogen) atoms. The fourth-order valence-corrected chi connectivity index (χ4v) is 3.66. The van der Waals surface area contributed by atoms with Crippen molar-refractivity contribution in [3.05, 3.63) is 11.7 Å². The normalized spacial score (nSPS) is 29.7. The third kappa shape index (κ3) is 4.31. The minimum atomic E-state index is 0.414. The van der Waals surface area contributed by atoms with E-state index in [0.717, 1.165) is 44.5 Å². The van der Waals surface area contributed by atoms with E-state index < -0.39 is 0 Å². The molecule has 1 saturated carbocycles. The molecule has 0 bridgehead atoms. The van der Waals surface area contributed by atoms with Crippen LogP contribution in [-0.4, -0.2) is 53.4 Å². The zero-order valence-electron chi connectivity index (χ0n) is 13.9. The van der Waals surface area contributed by atoms with E-state index in [-0.39, 0.29) is 0 Å². The number of nitrogens with zero attached hydrogens (tertiary/aromatic N) is 3. The van der Waals surface area contributed by atoms with E-state index in [1.807, 2.05) is 0 Å². The van der Waals surface area contributed by atoms with Crippen molar-refractivity contribution in [3.8, 4) is 0 Å². The molecular weight excluding hydrogens is 292 g/mol. The molecule has 0 radical (unpaired) electrons. The quantitative estimate of drug-likeness (QED) is 0.866. The third-order valence-electron chi connectivity index (χ3n) is 5.19. The Hall–Kier alpha value is -0.980. The van der Waals surface area contributed by atoms with Crippen LogP contribution < -0.4 is 5.32 Å². The van der Waals surface area contributed by atoms with Gasteiger partial charge < -0.3 is 14.6 Å². The van der Waals surface area contributed by atoms with Crippen molar-refractivity contribution in [2.45, 2.75) is 69.6 Å². The Morgan fingerprint density at radius 3 is 2.91 bits per heavy atom. The van der Waals surface area contributed by atoms with Crippen molar-refractivity contribution < 1.29 is 9.26 Å². The van der Waals surface area contributed by atoms with Crippen LogP contribution in [0.4, 0.5) is 0 Å². The van der Waals surface area contributed by atoms with Gasteiger partial charge in [0, 0.05) is 31.7 Å². The van der Waals surface area contributed by atoms with Crippen molar-refractivity contribution in [1.29, 1.82) is 0 Å². The molecule has 128 valence electrons. The lowest BCUT2D eigenvalue weighted by Gasteiger charge is -2.33. The second-order valence-electron chi connectivity index (χ2n) is 7.29. The Bertz CT molecular complexity index is 497. The molecule has 0 aromatic carbocycles. The number of hydrogen-bond donors (Lipinski definition) is 1. The Morgan fingerprint density at radius 1 is 1.13 bits per heavy atom. The molecule has 4 rings (SSSR count). The number of nitrogens with one attached hydrogen (secondary N) is 1. The molecule has 0 spiro atoms. The van der Waals surface area contributed by atoms with Gasteiger partial charge >= 0.3 is 0 Å². The molecule has 3 heterocycles. The van der Waals surface area contributed by atoms with Gasteiger partial charge in [-0.15, -0.1) is 0 Å². The molecule has 3 fully saturated rings. The first-order valence-electron chi connectivity index (χ1n) is 9.26. The molecule has 0 unspecified atom stereocenters. The van der Waals surface area contributed by atoms with Crippen LogP contribution in [0.25, 0.3) is 0 Å². The molecule has 1 aromatic heterocycles. The van der Waals surface area contributed by atoms with Gasteiger partial charge in [-0.3, -0.25) is 4.90 Å². The maximum Gasteiger partial charge on any atom is 0.229 e. The summed E-state index contributed by atoms with van der Waals surface area (Å²) in [5, 5.41) is 7.86. The molecule has 1 aliphatic carbocycles. The van der Waals surface area contributed by atoms with E-state index in [4.69, 9.17) is 9.26 Å². The van der Waals surface area contributed by atoms with Crippen molar-refractivity contribution in [2.75, 3.05) is 26.2 Å². The fraction of sp³-hybridized carbons (Fsp3) is 0.882. The van der Waals surface area contributed by atoms with Gasteiger partial charge in [0.1, 0.15) is 0 Å². The molecular formula is C17H28N4O2. The highest BCUT2D eigenvalue weighted by molar-refractivity contribution is 5.01. The van der Waals surface area contributed by atoms with E-state index in [1.165, 1.54) is 44.9 Å². The number of ether oxygens (including phenoxy) is 1. The predicted octanol–water partition coefficient (Wildman–Crippen LogP) is 2.07. The zero-order chi connectivity index (χ0) is 15.5. The van der Waals surface area contributed by atoms with E-state index in [0.29, 0.717) is 18.1 Å². The number of aromatic nitrogens is 2. The number of rotatable bonds is 6. The van der Waals surface area contributed by atoms with E-state index in [2.05, 4.69) is 20.4 Å². The van der Waals surface area contributed by atoms with Gasteiger partial charge in [0.2, 0.25) is 5.89 Å². The topological polar surface area (TPSA) is 63.4 Å². The summed E-state index contributed by atoms with van der Waals surface area (Å²) in [4.78, 5) is 7.00. The van der Waals surface area contributed by atoms with Crippen LogP contribution in [-0.2, 0) is 11.3 Å². The zero-order valence-corrected chi connectivity index (χ0v) is 13.9. The SMILES string of the molecule is C1CC[C@H](CN[C@@H]2CCCN(Cc3noc(C4CC4)n3)C2)OC1. The lowest BCUT2D eigenvalue weighted by atomic mass is 10.0. The van der Waals surface area contributed by atoms with Crippen molar-refractivity contribution in [2.24, 2.45) is 0 Å². The van der Waals surface area contributed by atoms with Crippen molar-refractivity contribution in [3.63, 3.8) is 0 Å². The Labute approximate surface area is 137 Å². The van der Waals surface area contributed by atoms with Crippen LogP contribution in [0.2, 0.25) is 0 Å². The summed E-state index contributed by atoms with van der Waals surface area (Å²) < 4.78 is 11.2. The maximum atomic E-state index is 5.81. The Kier molecular flexibility index (Phi) is 4.92. The second kappa shape index (κ2) is 7.28. The summed E-state index contributed by atoms with van der Waals surface area (Å²) in [7, 11) is 0. The van der Waals surface area contributed by atoms with E-state index >= 15 is 0 Å². The number of hydrogen-bond acceptors (Lipinski definition) is 6. The highest BCUT2D eigenvalue weighted by Crippen LogP contribution is 2.38. The van der Waals surface area contributed by atoms with Crippen LogP contribution in [0, 0.1) is 0 Å². The molecule has 2 atom stereocenters. The summed E-state index contributed by atoms with van der Waals surface area (Å²) in [5.74, 6) is 2.24. The third-order valence-corrected chi connectivity index (χ3v) is 5.19. The minimum Gasteiger partial charge on any atom is -0.377 e. The van der Waals surface area contributed by atoms with Gasteiger partial charge in [-0.1, -0.05) is 5.16 Å². The summed E-state index contributed by atoms with van der Waals surface area (Å²) in [6.45, 7) is 4.94. The van der Waals surface area contributed by atoms with Gasteiger partial charge in [-0.25, -0.2) is 0 Å². The fourth-order valence-electron chi connectivity index (χ4n) is 3.66. The molecule has 3 aliphatic rings. The summed E-state index contributed by atoms with van der Waals surface area (Å²) in [5.41, 5.74) is 0. The van der Waals surface area contributed by atoms with Crippen molar-refractivity contribution in [1.82, 2.24) is 20.4 Å². The van der Waals surface area contributed by atoms with Crippen LogP contribution in [0.15, 0.2) is 4.52 Å². The summed E-state index contributed by atoms with van der Waals surface area (Å²) >= 11 is 0. The molecule has 2 saturated heterocycles. The monoisotopic (exact) mass is 320 g/mol. The molecule has 1 aromatic rings. The maximum absolute atomic E-state index is 5.81. The van der Waals surface area contributed by atoms with Gasteiger partial charge in [0.25, 0.3) is 0 Å². The first kappa shape index (κ1) is 15.5. The number of likely N-dealkylation sites (tertiary alicyclic amines) is 1. The Balaban J connectivity index is 1.23. The molecule has 6 nitrogen and oxygen atoms in total. The average Bonchev–Trinajstić information content (AvgIpc) is 3.34. The van der Waals surface area contributed by atoms with Crippen LogP contribution in [0.1, 0.15) is 62.6 Å². The van der Waals surface area contributed by atoms with Gasteiger partial charge in [-0.05, 0) is 51.5 Å². The van der Waals surface area contributed by atoms with Gasteiger partial charge in [0.15, 0.2) is 5.82 Å². The predicted molar refractivity (Wildman–Crippen MR) is 86.2 cm³/mol.